The second kappa shape index (κ2) is 8.99. The van der Waals surface area contributed by atoms with Crippen molar-refractivity contribution in [3.63, 3.8) is 0 Å². The third-order valence-electron chi connectivity index (χ3n) is 7.36. The molecule has 3 aromatic rings. The molecule has 3 nitrogen and oxygen atoms in total. The van der Waals surface area contributed by atoms with Crippen LogP contribution >= 0.6 is 0 Å². The minimum absolute atomic E-state index is 0.0525. The number of phenolic OH excluding ortho intramolecular Hbond substituents is 1. The van der Waals surface area contributed by atoms with Crippen molar-refractivity contribution in [1.82, 2.24) is 4.90 Å². The molecule has 1 fully saturated rings. The van der Waals surface area contributed by atoms with Crippen LogP contribution in [0.4, 0.5) is 13.2 Å². The molecule has 0 aromatic heterocycles. The van der Waals surface area contributed by atoms with Crippen LogP contribution in [0.15, 0.2) is 72.8 Å². The normalized spacial score (nSPS) is 22.1. The van der Waals surface area contributed by atoms with Gasteiger partial charge in [0.15, 0.2) is 0 Å². The molecule has 0 bridgehead atoms. The van der Waals surface area contributed by atoms with Crippen LogP contribution in [0, 0.1) is 0 Å². The zero-order valence-corrected chi connectivity index (χ0v) is 18.9. The van der Waals surface area contributed by atoms with E-state index in [0.29, 0.717) is 25.1 Å². The van der Waals surface area contributed by atoms with Crippen molar-refractivity contribution >= 4 is 0 Å². The van der Waals surface area contributed by atoms with E-state index in [2.05, 4.69) is 17.0 Å². The van der Waals surface area contributed by atoms with Gasteiger partial charge in [-0.15, -0.1) is 0 Å². The maximum atomic E-state index is 13.1. The number of hydrogen-bond acceptors (Lipinski definition) is 3. The lowest BCUT2D eigenvalue weighted by atomic mass is 9.68. The molecule has 1 saturated heterocycles. The standard InChI is InChI=1S/C28H28F3NO2/c29-28(30,31)22-8-4-7-21(17-22)12-15-32-16-14-27(13-11-20-5-2-1-3-6-20)24-18-23(33)9-10-25(24)34-26(27)19-32/h1-10,17-18,26,33H,11-16,19H2/t26-,27-/m0/s1. The summed E-state index contributed by atoms with van der Waals surface area (Å²) in [6.07, 6.45) is -1.11. The lowest BCUT2D eigenvalue weighted by Gasteiger charge is -2.43. The fourth-order valence-electron chi connectivity index (χ4n) is 5.47. The topological polar surface area (TPSA) is 32.7 Å². The Morgan fingerprint density at radius 3 is 2.53 bits per heavy atom. The average molecular weight is 468 g/mol. The molecule has 1 N–H and O–H groups in total. The number of halogens is 3. The molecule has 0 amide bonds. The summed E-state index contributed by atoms with van der Waals surface area (Å²) in [5, 5.41) is 10.2. The lowest BCUT2D eigenvalue weighted by molar-refractivity contribution is -0.137. The van der Waals surface area contributed by atoms with Gasteiger partial charge in [-0.2, -0.15) is 13.2 Å². The molecule has 3 aromatic carbocycles. The quantitative estimate of drug-likeness (QED) is 0.483. The van der Waals surface area contributed by atoms with Crippen molar-refractivity contribution in [3.05, 3.63) is 95.1 Å². The van der Waals surface area contributed by atoms with Gasteiger partial charge in [-0.05, 0) is 67.6 Å². The van der Waals surface area contributed by atoms with Crippen LogP contribution in [-0.2, 0) is 24.4 Å². The van der Waals surface area contributed by atoms with Gasteiger partial charge in [-0.3, -0.25) is 4.90 Å². The number of hydrogen-bond donors (Lipinski definition) is 1. The number of nitrogens with zero attached hydrogens (tertiary/aromatic N) is 1. The Bertz CT molecular complexity index is 1150. The maximum Gasteiger partial charge on any atom is 0.416 e. The highest BCUT2D eigenvalue weighted by Crippen LogP contribution is 2.51. The second-order valence-electron chi connectivity index (χ2n) is 9.43. The van der Waals surface area contributed by atoms with Crippen molar-refractivity contribution in [3.8, 4) is 11.5 Å². The number of aryl methyl sites for hydroxylation is 1. The minimum atomic E-state index is -4.32. The number of rotatable bonds is 6. The SMILES string of the molecule is Oc1ccc2c(c1)[C@]1(CCc3ccccc3)CCN(CCc3cccc(C(F)(F)F)c3)C[C@@H]1O2. The molecule has 0 radical (unpaired) electrons. The summed E-state index contributed by atoms with van der Waals surface area (Å²) in [7, 11) is 0. The molecule has 178 valence electrons. The molecule has 2 aliphatic heterocycles. The first-order valence-electron chi connectivity index (χ1n) is 11.8. The van der Waals surface area contributed by atoms with Crippen LogP contribution < -0.4 is 4.74 Å². The highest BCUT2D eigenvalue weighted by atomic mass is 19.4. The Kier molecular flexibility index (Phi) is 6.02. The molecule has 0 spiro atoms. The molecule has 2 aliphatic rings. The number of aromatic hydroxyl groups is 1. The molecular formula is C28H28F3NO2. The van der Waals surface area contributed by atoms with E-state index in [9.17, 15) is 18.3 Å². The van der Waals surface area contributed by atoms with Gasteiger partial charge in [-0.1, -0.05) is 48.5 Å². The average Bonchev–Trinajstić information content (AvgIpc) is 3.15. The summed E-state index contributed by atoms with van der Waals surface area (Å²) < 4.78 is 45.6. The first-order chi connectivity index (χ1) is 16.3. The Hall–Kier alpha value is -2.99. The van der Waals surface area contributed by atoms with Gasteiger partial charge in [0.1, 0.15) is 17.6 Å². The van der Waals surface area contributed by atoms with Gasteiger partial charge in [0, 0.05) is 24.1 Å². The van der Waals surface area contributed by atoms with Crippen molar-refractivity contribution in [1.29, 1.82) is 0 Å². The highest BCUT2D eigenvalue weighted by Gasteiger charge is 2.51. The molecular weight excluding hydrogens is 439 g/mol. The third-order valence-corrected chi connectivity index (χ3v) is 7.36. The lowest BCUT2D eigenvalue weighted by Crippen LogP contribution is -2.53. The Morgan fingerprint density at radius 1 is 0.941 bits per heavy atom. The molecule has 0 aliphatic carbocycles. The Labute approximate surface area is 197 Å². The predicted molar refractivity (Wildman–Crippen MR) is 125 cm³/mol. The summed E-state index contributed by atoms with van der Waals surface area (Å²) in [6, 6.07) is 21.3. The van der Waals surface area contributed by atoms with Gasteiger partial charge in [-0.25, -0.2) is 0 Å². The van der Waals surface area contributed by atoms with Crippen LogP contribution in [0.2, 0.25) is 0 Å². The van der Waals surface area contributed by atoms with Crippen molar-refractivity contribution in [2.45, 2.75) is 43.4 Å². The van der Waals surface area contributed by atoms with Gasteiger partial charge >= 0.3 is 6.18 Å². The van der Waals surface area contributed by atoms with Crippen LogP contribution in [0.3, 0.4) is 0 Å². The van der Waals surface area contributed by atoms with E-state index in [1.165, 1.54) is 17.7 Å². The van der Waals surface area contributed by atoms with Crippen molar-refractivity contribution in [2.24, 2.45) is 0 Å². The van der Waals surface area contributed by atoms with Crippen molar-refractivity contribution < 1.29 is 23.0 Å². The largest absolute Gasteiger partial charge is 0.508 e. The Morgan fingerprint density at radius 2 is 1.74 bits per heavy atom. The molecule has 0 unspecified atom stereocenters. The molecule has 34 heavy (non-hydrogen) atoms. The summed E-state index contributed by atoms with van der Waals surface area (Å²) in [5.74, 6) is 1.07. The number of phenols is 1. The number of ether oxygens (including phenoxy) is 1. The predicted octanol–water partition coefficient (Wildman–Crippen LogP) is 5.99. The fraction of sp³-hybridized carbons (Fsp3) is 0.357. The van der Waals surface area contributed by atoms with Gasteiger partial charge in [0.25, 0.3) is 0 Å². The van der Waals surface area contributed by atoms with Crippen LogP contribution in [0.1, 0.15) is 35.1 Å². The minimum Gasteiger partial charge on any atom is -0.508 e. The van der Waals surface area contributed by atoms with Crippen LogP contribution in [0.25, 0.3) is 0 Å². The summed E-state index contributed by atoms with van der Waals surface area (Å²) in [6.45, 7) is 2.23. The smallest absolute Gasteiger partial charge is 0.416 e. The van der Waals surface area contributed by atoms with Crippen LogP contribution in [0.5, 0.6) is 11.5 Å². The summed E-state index contributed by atoms with van der Waals surface area (Å²) >= 11 is 0. The summed E-state index contributed by atoms with van der Waals surface area (Å²) in [4.78, 5) is 2.29. The van der Waals surface area contributed by atoms with E-state index in [1.54, 1.807) is 12.1 Å². The second-order valence-corrected chi connectivity index (χ2v) is 9.43. The molecule has 2 atom stereocenters. The maximum absolute atomic E-state index is 13.1. The molecule has 6 heteroatoms. The summed E-state index contributed by atoms with van der Waals surface area (Å²) in [5.41, 5.74) is 2.26. The first-order valence-corrected chi connectivity index (χ1v) is 11.8. The zero-order chi connectivity index (χ0) is 23.8. The monoisotopic (exact) mass is 467 g/mol. The van der Waals surface area contributed by atoms with E-state index in [0.717, 1.165) is 43.2 Å². The number of piperidine rings is 1. The van der Waals surface area contributed by atoms with E-state index in [-0.39, 0.29) is 17.3 Å². The van der Waals surface area contributed by atoms with Gasteiger partial charge < -0.3 is 9.84 Å². The first kappa shape index (κ1) is 22.8. The third kappa shape index (κ3) is 4.51. The van der Waals surface area contributed by atoms with Gasteiger partial charge in [0.05, 0.1) is 5.56 Å². The van der Waals surface area contributed by atoms with E-state index in [1.807, 2.05) is 30.3 Å². The number of alkyl halides is 3. The fourth-order valence-corrected chi connectivity index (χ4v) is 5.47. The molecule has 0 saturated carbocycles. The zero-order valence-electron chi connectivity index (χ0n) is 18.9. The van der Waals surface area contributed by atoms with E-state index < -0.39 is 11.7 Å². The van der Waals surface area contributed by atoms with E-state index in [4.69, 9.17) is 4.74 Å². The van der Waals surface area contributed by atoms with Gasteiger partial charge in [0.2, 0.25) is 0 Å². The highest BCUT2D eigenvalue weighted by molar-refractivity contribution is 5.50. The number of benzene rings is 3. The number of fused-ring (bicyclic) bond motifs is 3. The number of likely N-dealkylation sites (tertiary alicyclic amines) is 1. The van der Waals surface area contributed by atoms with E-state index >= 15 is 0 Å². The Balaban J connectivity index is 1.31. The molecule has 5 rings (SSSR count). The molecule has 2 heterocycles. The van der Waals surface area contributed by atoms with Crippen LogP contribution in [-0.4, -0.2) is 35.7 Å². The van der Waals surface area contributed by atoms with Crippen molar-refractivity contribution in [2.75, 3.05) is 19.6 Å².